The maximum atomic E-state index is 11.2. The Hall–Kier alpha value is -1.14. The highest BCUT2D eigenvalue weighted by atomic mass is 32.1. The monoisotopic (exact) mass is 230 g/mol. The summed E-state index contributed by atoms with van der Waals surface area (Å²) in [7, 11) is 1.30. The summed E-state index contributed by atoms with van der Waals surface area (Å²) < 4.78 is 9.83. The molecular weight excluding hydrogens is 216 g/mol. The molecule has 1 aromatic rings. The zero-order valence-electron chi connectivity index (χ0n) is 8.78. The number of nitrogen functional groups attached to an aromatic ring is 1. The van der Waals surface area contributed by atoms with Crippen molar-refractivity contribution in [2.24, 2.45) is 0 Å². The molecule has 0 aliphatic carbocycles. The first-order chi connectivity index (χ1) is 7.19. The summed E-state index contributed by atoms with van der Waals surface area (Å²) in [6.07, 6.45) is 0.949. The van der Waals surface area contributed by atoms with Gasteiger partial charge in [0.05, 0.1) is 13.7 Å². The van der Waals surface area contributed by atoms with Gasteiger partial charge in [-0.2, -0.15) is 0 Å². The molecule has 1 heterocycles. The molecule has 0 aliphatic rings. The van der Waals surface area contributed by atoms with Crippen LogP contribution >= 0.6 is 11.3 Å². The molecule has 0 bridgehead atoms. The van der Waals surface area contributed by atoms with Crippen molar-refractivity contribution in [1.29, 1.82) is 0 Å². The minimum atomic E-state index is -0.509. The Balaban J connectivity index is 2.64. The molecule has 0 fully saturated rings. The average molecular weight is 230 g/mol. The number of esters is 1. The fraction of sp³-hybridized carbons (Fsp3) is 0.556. The molecule has 0 atom stereocenters. The maximum Gasteiger partial charge on any atom is 0.359 e. The fourth-order valence-electron chi connectivity index (χ4n) is 0.986. The Kier molecular flexibility index (Phi) is 4.51. The number of aromatic nitrogens is 1. The zero-order valence-corrected chi connectivity index (χ0v) is 9.60. The summed E-state index contributed by atoms with van der Waals surface area (Å²) in [5.74, 6) is -0.509. The molecule has 1 aromatic heterocycles. The van der Waals surface area contributed by atoms with Gasteiger partial charge >= 0.3 is 5.97 Å². The molecule has 1 rings (SSSR count). The SMILES string of the molecule is CCCOCc1nc(C(=O)OC)c(N)s1. The number of nitrogens with two attached hydrogens (primary N) is 1. The molecule has 15 heavy (non-hydrogen) atoms. The predicted octanol–water partition coefficient (Wildman–Crippen LogP) is 1.44. The highest BCUT2D eigenvalue weighted by Crippen LogP contribution is 2.22. The van der Waals surface area contributed by atoms with Gasteiger partial charge < -0.3 is 15.2 Å². The summed E-state index contributed by atoms with van der Waals surface area (Å²) in [5, 5.41) is 1.07. The quantitative estimate of drug-likeness (QED) is 0.612. The minimum Gasteiger partial charge on any atom is -0.464 e. The van der Waals surface area contributed by atoms with Crippen molar-refractivity contribution in [3.63, 3.8) is 0 Å². The minimum absolute atomic E-state index is 0.178. The van der Waals surface area contributed by atoms with Crippen LogP contribution in [0, 0.1) is 0 Å². The summed E-state index contributed by atoms with van der Waals surface area (Å²) in [5.41, 5.74) is 5.80. The first-order valence-corrected chi connectivity index (χ1v) is 5.42. The second-order valence-corrected chi connectivity index (χ2v) is 3.98. The molecule has 0 unspecified atom stereocenters. The molecule has 0 saturated heterocycles. The number of carbonyl (C=O) groups excluding carboxylic acids is 1. The van der Waals surface area contributed by atoms with Crippen LogP contribution in [0.25, 0.3) is 0 Å². The Morgan fingerprint density at radius 2 is 2.33 bits per heavy atom. The first kappa shape index (κ1) is 11.9. The van der Waals surface area contributed by atoms with Crippen LogP contribution in [0.3, 0.4) is 0 Å². The summed E-state index contributed by atoms with van der Waals surface area (Å²) in [4.78, 5) is 15.2. The van der Waals surface area contributed by atoms with Crippen molar-refractivity contribution < 1.29 is 14.3 Å². The van der Waals surface area contributed by atoms with Crippen LogP contribution in [-0.2, 0) is 16.1 Å². The second kappa shape index (κ2) is 5.67. The van der Waals surface area contributed by atoms with Crippen LogP contribution in [0.2, 0.25) is 0 Å². The Labute approximate surface area is 92.2 Å². The van der Waals surface area contributed by atoms with Gasteiger partial charge in [-0.25, -0.2) is 9.78 Å². The van der Waals surface area contributed by atoms with E-state index in [2.05, 4.69) is 9.72 Å². The molecule has 0 radical (unpaired) electrons. The number of methoxy groups -OCH3 is 1. The molecule has 0 aliphatic heterocycles. The third-order valence-electron chi connectivity index (χ3n) is 1.65. The molecule has 0 saturated carbocycles. The Morgan fingerprint density at radius 1 is 1.60 bits per heavy atom. The van der Waals surface area contributed by atoms with Crippen LogP contribution in [0.1, 0.15) is 28.8 Å². The molecule has 0 spiro atoms. The highest BCUT2D eigenvalue weighted by molar-refractivity contribution is 7.15. The molecule has 6 heteroatoms. The van der Waals surface area contributed by atoms with E-state index in [1.54, 1.807) is 0 Å². The smallest absolute Gasteiger partial charge is 0.359 e. The fourth-order valence-corrected chi connectivity index (χ4v) is 1.75. The summed E-state index contributed by atoms with van der Waals surface area (Å²) >= 11 is 1.25. The van der Waals surface area contributed by atoms with Gasteiger partial charge in [-0.15, -0.1) is 0 Å². The molecule has 84 valence electrons. The van der Waals surface area contributed by atoms with Gasteiger partial charge in [0.1, 0.15) is 10.0 Å². The van der Waals surface area contributed by atoms with E-state index in [4.69, 9.17) is 10.5 Å². The highest BCUT2D eigenvalue weighted by Gasteiger charge is 2.16. The lowest BCUT2D eigenvalue weighted by Crippen LogP contribution is -2.05. The summed E-state index contributed by atoms with van der Waals surface area (Å²) in [6.45, 7) is 3.09. The number of rotatable bonds is 5. The normalized spacial score (nSPS) is 10.3. The van der Waals surface area contributed by atoms with Crippen molar-refractivity contribution in [3.05, 3.63) is 10.7 Å². The van der Waals surface area contributed by atoms with Crippen molar-refractivity contribution in [2.45, 2.75) is 20.0 Å². The van der Waals surface area contributed by atoms with Gasteiger partial charge in [-0.1, -0.05) is 18.3 Å². The van der Waals surface area contributed by atoms with E-state index in [-0.39, 0.29) is 5.69 Å². The predicted molar refractivity (Wildman–Crippen MR) is 57.8 cm³/mol. The molecular formula is C9H14N2O3S. The van der Waals surface area contributed by atoms with Gasteiger partial charge in [-0.3, -0.25) is 0 Å². The third-order valence-corrected chi connectivity index (χ3v) is 2.51. The lowest BCUT2D eigenvalue weighted by Gasteiger charge is -1.97. The van der Waals surface area contributed by atoms with Gasteiger partial charge in [0.15, 0.2) is 5.69 Å². The third kappa shape index (κ3) is 3.17. The zero-order chi connectivity index (χ0) is 11.3. The number of ether oxygens (including phenoxy) is 2. The molecule has 5 nitrogen and oxygen atoms in total. The van der Waals surface area contributed by atoms with E-state index in [0.717, 1.165) is 6.42 Å². The second-order valence-electron chi connectivity index (χ2n) is 2.86. The van der Waals surface area contributed by atoms with E-state index >= 15 is 0 Å². The van der Waals surface area contributed by atoms with E-state index in [1.165, 1.54) is 18.4 Å². The van der Waals surface area contributed by atoms with Crippen LogP contribution in [0.5, 0.6) is 0 Å². The maximum absolute atomic E-state index is 11.2. The van der Waals surface area contributed by atoms with Crippen LogP contribution in [0.4, 0.5) is 5.00 Å². The number of thiazole rings is 1. The topological polar surface area (TPSA) is 74.4 Å². The number of hydrogen-bond acceptors (Lipinski definition) is 6. The van der Waals surface area contributed by atoms with Crippen LogP contribution in [0.15, 0.2) is 0 Å². The average Bonchev–Trinajstić information content (AvgIpc) is 2.59. The number of nitrogens with zero attached hydrogens (tertiary/aromatic N) is 1. The van der Waals surface area contributed by atoms with Gasteiger partial charge in [0.2, 0.25) is 0 Å². The Morgan fingerprint density at radius 3 is 2.93 bits per heavy atom. The number of hydrogen-bond donors (Lipinski definition) is 1. The van der Waals surface area contributed by atoms with Crippen molar-refractivity contribution in [2.75, 3.05) is 19.5 Å². The largest absolute Gasteiger partial charge is 0.464 e. The molecule has 0 amide bonds. The van der Waals surface area contributed by atoms with Gasteiger partial charge in [-0.05, 0) is 6.42 Å². The summed E-state index contributed by atoms with van der Waals surface area (Å²) in [6, 6.07) is 0. The van der Waals surface area contributed by atoms with Crippen molar-refractivity contribution in [3.8, 4) is 0 Å². The van der Waals surface area contributed by atoms with E-state index in [0.29, 0.717) is 23.2 Å². The number of anilines is 1. The Bertz CT molecular complexity index is 338. The van der Waals surface area contributed by atoms with E-state index in [1.807, 2.05) is 6.92 Å². The lowest BCUT2D eigenvalue weighted by molar-refractivity contribution is 0.0595. The van der Waals surface area contributed by atoms with Crippen molar-refractivity contribution >= 4 is 22.3 Å². The van der Waals surface area contributed by atoms with E-state index in [9.17, 15) is 4.79 Å². The first-order valence-electron chi connectivity index (χ1n) is 4.60. The van der Waals surface area contributed by atoms with Gasteiger partial charge in [0.25, 0.3) is 0 Å². The van der Waals surface area contributed by atoms with Gasteiger partial charge in [0, 0.05) is 6.61 Å². The molecule has 0 aromatic carbocycles. The number of carbonyl (C=O) groups is 1. The van der Waals surface area contributed by atoms with Crippen LogP contribution < -0.4 is 5.73 Å². The van der Waals surface area contributed by atoms with Crippen molar-refractivity contribution in [1.82, 2.24) is 4.98 Å². The van der Waals surface area contributed by atoms with E-state index < -0.39 is 5.97 Å². The lowest BCUT2D eigenvalue weighted by atomic mass is 10.5. The molecule has 2 N–H and O–H groups in total. The van der Waals surface area contributed by atoms with Crippen LogP contribution in [-0.4, -0.2) is 24.7 Å². The standard InChI is InChI=1S/C9H14N2O3S/c1-3-4-14-5-6-11-7(8(10)15-6)9(12)13-2/h3-5,10H2,1-2H3.